The number of benzene rings is 2. The van der Waals surface area contributed by atoms with Crippen molar-refractivity contribution in [2.75, 3.05) is 39.4 Å². The van der Waals surface area contributed by atoms with Crippen LogP contribution in [0.15, 0.2) is 47.4 Å². The molecule has 2 aromatic rings. The van der Waals surface area contributed by atoms with Gasteiger partial charge in [0.1, 0.15) is 0 Å². The van der Waals surface area contributed by atoms with Gasteiger partial charge in [0, 0.05) is 39.3 Å². The molecule has 0 spiro atoms. The Labute approximate surface area is 194 Å². The van der Waals surface area contributed by atoms with Gasteiger partial charge >= 0.3 is 0 Å². The summed E-state index contributed by atoms with van der Waals surface area (Å²) in [6, 6.07) is 12.3. The Morgan fingerprint density at radius 3 is 2.41 bits per heavy atom. The molecule has 7 nitrogen and oxygen atoms in total. The highest BCUT2D eigenvalue weighted by molar-refractivity contribution is 7.89. The lowest BCUT2D eigenvalue weighted by molar-refractivity contribution is 0.0340. The molecule has 1 N–H and O–H groups in total. The van der Waals surface area contributed by atoms with E-state index in [0.29, 0.717) is 19.6 Å². The topological polar surface area (TPSA) is 79.0 Å². The molecule has 2 saturated heterocycles. The summed E-state index contributed by atoms with van der Waals surface area (Å²) >= 11 is 6.25. The number of ether oxygens (including phenoxy) is 1. The number of morpholine rings is 1. The van der Waals surface area contributed by atoms with Crippen LogP contribution in [0, 0.1) is 0 Å². The van der Waals surface area contributed by atoms with E-state index in [0.717, 1.165) is 56.8 Å². The van der Waals surface area contributed by atoms with E-state index in [1.807, 2.05) is 18.2 Å². The summed E-state index contributed by atoms with van der Waals surface area (Å²) in [7, 11) is -3.62. The molecule has 2 fully saturated rings. The number of hydrogen-bond acceptors (Lipinski definition) is 5. The molecule has 2 heterocycles. The van der Waals surface area contributed by atoms with Gasteiger partial charge in [-0.05, 0) is 42.2 Å². The van der Waals surface area contributed by atoms with Gasteiger partial charge in [-0.15, -0.1) is 0 Å². The molecule has 0 radical (unpaired) electrons. The van der Waals surface area contributed by atoms with E-state index in [9.17, 15) is 13.2 Å². The zero-order chi connectivity index (χ0) is 22.6. The molecular weight excluding hydrogens is 450 g/mol. The van der Waals surface area contributed by atoms with E-state index in [2.05, 4.69) is 16.3 Å². The van der Waals surface area contributed by atoms with Crippen LogP contribution in [0.4, 0.5) is 0 Å². The number of hydrogen-bond donors (Lipinski definition) is 1. The van der Waals surface area contributed by atoms with Crippen molar-refractivity contribution in [3.05, 3.63) is 64.2 Å². The molecule has 0 bridgehead atoms. The van der Waals surface area contributed by atoms with Gasteiger partial charge in [0.2, 0.25) is 10.0 Å². The predicted molar refractivity (Wildman–Crippen MR) is 123 cm³/mol. The zero-order valence-electron chi connectivity index (χ0n) is 17.9. The number of amides is 1. The number of rotatable bonds is 7. The first-order chi connectivity index (χ1) is 15.4. The minimum Gasteiger partial charge on any atom is -0.379 e. The van der Waals surface area contributed by atoms with Gasteiger partial charge in [0.05, 0.1) is 28.7 Å². The number of nitrogens with zero attached hydrogens (tertiary/aromatic N) is 2. The standard InChI is InChI=1S/C23H28ClN3O4S/c24-22-8-7-20(32(29,30)27-9-3-4-10-27)15-21(22)23(28)25-16-18-5-1-2-6-19(18)17-26-11-13-31-14-12-26/h1-2,5-8,15H,3-4,9-14,16-17H2,(H,25,28). The molecule has 2 aliphatic heterocycles. The van der Waals surface area contributed by atoms with Crippen LogP contribution < -0.4 is 5.32 Å². The average molecular weight is 478 g/mol. The molecule has 0 aliphatic carbocycles. The second-order valence-corrected chi connectivity index (χ2v) is 10.4. The summed E-state index contributed by atoms with van der Waals surface area (Å²) in [5.41, 5.74) is 2.33. The van der Waals surface area contributed by atoms with Crippen molar-refractivity contribution in [1.29, 1.82) is 0 Å². The number of sulfonamides is 1. The van der Waals surface area contributed by atoms with Gasteiger partial charge in [0.25, 0.3) is 5.91 Å². The summed E-state index contributed by atoms with van der Waals surface area (Å²) in [6.45, 7) is 5.36. The minimum absolute atomic E-state index is 0.0988. The third kappa shape index (κ3) is 5.32. The lowest BCUT2D eigenvalue weighted by Crippen LogP contribution is -2.36. The lowest BCUT2D eigenvalue weighted by Gasteiger charge is -2.27. The molecule has 2 aliphatic rings. The van der Waals surface area contributed by atoms with E-state index in [4.69, 9.17) is 16.3 Å². The maximum atomic E-state index is 12.9. The lowest BCUT2D eigenvalue weighted by atomic mass is 10.1. The molecule has 0 aromatic heterocycles. The van der Waals surface area contributed by atoms with Crippen molar-refractivity contribution < 1.29 is 17.9 Å². The van der Waals surface area contributed by atoms with E-state index in [-0.39, 0.29) is 15.5 Å². The van der Waals surface area contributed by atoms with Crippen molar-refractivity contribution in [1.82, 2.24) is 14.5 Å². The van der Waals surface area contributed by atoms with Crippen molar-refractivity contribution >= 4 is 27.5 Å². The van der Waals surface area contributed by atoms with Crippen molar-refractivity contribution in [3.8, 4) is 0 Å². The normalized spacial score (nSPS) is 18.0. The van der Waals surface area contributed by atoms with Gasteiger partial charge < -0.3 is 10.1 Å². The van der Waals surface area contributed by atoms with Crippen molar-refractivity contribution in [3.63, 3.8) is 0 Å². The molecule has 4 rings (SSSR count). The first-order valence-electron chi connectivity index (χ1n) is 10.9. The Morgan fingerprint density at radius 1 is 1.00 bits per heavy atom. The highest BCUT2D eigenvalue weighted by Gasteiger charge is 2.28. The van der Waals surface area contributed by atoms with Crippen LogP contribution in [0.5, 0.6) is 0 Å². The monoisotopic (exact) mass is 477 g/mol. The fourth-order valence-corrected chi connectivity index (χ4v) is 5.82. The van der Waals surface area contributed by atoms with Crippen molar-refractivity contribution in [2.45, 2.75) is 30.8 Å². The summed E-state index contributed by atoms with van der Waals surface area (Å²) in [5.74, 6) is -0.394. The fourth-order valence-electron chi connectivity index (χ4n) is 4.07. The quantitative estimate of drug-likeness (QED) is 0.663. The number of halogens is 1. The molecule has 0 saturated carbocycles. The van der Waals surface area contributed by atoms with E-state index in [1.165, 1.54) is 22.5 Å². The first-order valence-corrected chi connectivity index (χ1v) is 12.7. The first kappa shape index (κ1) is 23.2. The van der Waals surface area contributed by atoms with E-state index >= 15 is 0 Å². The smallest absolute Gasteiger partial charge is 0.253 e. The van der Waals surface area contributed by atoms with Crippen LogP contribution in [0.25, 0.3) is 0 Å². The van der Waals surface area contributed by atoms with Gasteiger partial charge in [-0.1, -0.05) is 35.9 Å². The molecule has 9 heteroatoms. The molecule has 0 unspecified atom stereocenters. The Bertz CT molecular complexity index is 1060. The van der Waals surface area contributed by atoms with Crippen LogP contribution in [-0.2, 0) is 27.8 Å². The van der Waals surface area contributed by atoms with Crippen LogP contribution in [0.2, 0.25) is 5.02 Å². The summed E-state index contributed by atoms with van der Waals surface area (Å²) < 4.78 is 32.6. The highest BCUT2D eigenvalue weighted by Crippen LogP contribution is 2.25. The zero-order valence-corrected chi connectivity index (χ0v) is 19.5. The molecule has 172 valence electrons. The van der Waals surface area contributed by atoms with Gasteiger partial charge in [-0.25, -0.2) is 8.42 Å². The number of nitrogens with one attached hydrogen (secondary N) is 1. The predicted octanol–water partition coefficient (Wildman–Crippen LogP) is 2.89. The molecule has 1 amide bonds. The molecule has 2 aromatic carbocycles. The van der Waals surface area contributed by atoms with Gasteiger partial charge in [-0.3, -0.25) is 9.69 Å². The fraction of sp³-hybridized carbons (Fsp3) is 0.435. The Balaban J connectivity index is 1.47. The molecule has 32 heavy (non-hydrogen) atoms. The second kappa shape index (κ2) is 10.3. The highest BCUT2D eigenvalue weighted by atomic mass is 35.5. The van der Waals surface area contributed by atoms with Crippen LogP contribution in [0.3, 0.4) is 0 Å². The largest absolute Gasteiger partial charge is 0.379 e. The SMILES string of the molecule is O=C(NCc1ccccc1CN1CCOCC1)c1cc(S(=O)(=O)N2CCCC2)ccc1Cl. The second-order valence-electron chi connectivity index (χ2n) is 8.09. The molecular formula is C23H28ClN3O4S. The Morgan fingerprint density at radius 2 is 1.69 bits per heavy atom. The van der Waals surface area contributed by atoms with Gasteiger partial charge in [-0.2, -0.15) is 4.31 Å². The third-order valence-corrected chi connectivity index (χ3v) is 8.16. The van der Waals surface area contributed by atoms with E-state index in [1.54, 1.807) is 0 Å². The van der Waals surface area contributed by atoms with E-state index < -0.39 is 15.9 Å². The third-order valence-electron chi connectivity index (χ3n) is 5.94. The van der Waals surface area contributed by atoms with Crippen LogP contribution >= 0.6 is 11.6 Å². The number of carbonyl (C=O) groups is 1. The summed E-state index contributed by atoms with van der Waals surface area (Å²) in [6.07, 6.45) is 1.70. The maximum absolute atomic E-state index is 12.9. The molecule has 0 atom stereocenters. The van der Waals surface area contributed by atoms with Gasteiger partial charge in [0.15, 0.2) is 0 Å². The Kier molecular flexibility index (Phi) is 7.48. The average Bonchev–Trinajstić information content (AvgIpc) is 3.35. The van der Waals surface area contributed by atoms with Crippen LogP contribution in [0.1, 0.15) is 34.3 Å². The summed E-state index contributed by atoms with van der Waals surface area (Å²) in [5, 5.41) is 3.13. The Hall–Kier alpha value is -1.97. The summed E-state index contributed by atoms with van der Waals surface area (Å²) in [4.78, 5) is 15.3. The minimum atomic E-state index is -3.62. The van der Waals surface area contributed by atoms with Crippen LogP contribution in [-0.4, -0.2) is 62.9 Å². The maximum Gasteiger partial charge on any atom is 0.253 e. The van der Waals surface area contributed by atoms with Crippen molar-refractivity contribution in [2.24, 2.45) is 0 Å². The number of carbonyl (C=O) groups excluding carboxylic acids is 1.